The van der Waals surface area contributed by atoms with Crippen molar-refractivity contribution in [3.8, 4) is 5.75 Å². The van der Waals surface area contributed by atoms with E-state index in [1.165, 1.54) is 13.2 Å². The van der Waals surface area contributed by atoms with E-state index in [4.69, 9.17) is 32.9 Å². The standard InChI is InChI=1S/C34H33Cl2FN6O2/c1-33(2)17-43(18-34(3,4)42-33)31(44)22-12-10-20(13-25(22)35)40-32-39-15-19-9-11-21-23(29-26(37)7-6-8-27(29)45-5)14-28(36)38-16-24(21)30(19)41-32/h6-8,10-16,42H,9,17-18H2,1-5H3,(H,39,40,41). The topological polar surface area (TPSA) is 91.7 Å². The van der Waals surface area contributed by atoms with Gasteiger partial charge in [-0.3, -0.25) is 4.79 Å². The molecule has 3 heterocycles. The zero-order valence-corrected chi connectivity index (χ0v) is 27.1. The quantitative estimate of drug-likeness (QED) is 0.305. The number of rotatable bonds is 5. The smallest absolute Gasteiger partial charge is 0.255 e. The molecular weight excluding hydrogens is 614 g/mol. The van der Waals surface area contributed by atoms with E-state index in [0.29, 0.717) is 69.9 Å². The summed E-state index contributed by atoms with van der Waals surface area (Å²) < 4.78 is 20.7. The first kappa shape index (κ1) is 31.0. The fraction of sp³-hybridized carbons (Fsp3) is 0.294. The first-order chi connectivity index (χ1) is 21.3. The number of nitrogens with one attached hydrogen (secondary N) is 2. The molecule has 2 N–H and O–H groups in total. The predicted octanol–water partition coefficient (Wildman–Crippen LogP) is 7.18. The Kier molecular flexibility index (Phi) is 8.05. The normalized spacial score (nSPS) is 18.4. The van der Waals surface area contributed by atoms with E-state index in [9.17, 15) is 4.79 Å². The zero-order valence-electron chi connectivity index (χ0n) is 25.6. The fourth-order valence-electron chi connectivity index (χ4n) is 6.40. The van der Waals surface area contributed by atoms with Gasteiger partial charge in [0.15, 0.2) is 0 Å². The summed E-state index contributed by atoms with van der Waals surface area (Å²) in [5, 5.41) is 7.32. The number of aromatic nitrogens is 2. The highest BCUT2D eigenvalue weighted by Gasteiger charge is 2.39. The van der Waals surface area contributed by atoms with Crippen LogP contribution in [0.4, 0.5) is 16.0 Å². The highest BCUT2D eigenvalue weighted by molar-refractivity contribution is 6.69. The van der Waals surface area contributed by atoms with Gasteiger partial charge in [0.25, 0.3) is 5.91 Å². The molecule has 3 aromatic rings. The van der Waals surface area contributed by atoms with Gasteiger partial charge in [0.2, 0.25) is 5.95 Å². The van der Waals surface area contributed by atoms with E-state index in [0.717, 1.165) is 11.1 Å². The van der Waals surface area contributed by atoms with E-state index in [2.05, 4.69) is 48.3 Å². The summed E-state index contributed by atoms with van der Waals surface area (Å²) in [5.74, 6) is 0.150. The Hall–Kier alpha value is -4.05. The Labute approximate surface area is 271 Å². The van der Waals surface area contributed by atoms with Crippen LogP contribution in [-0.2, 0) is 6.42 Å². The Morgan fingerprint density at radius 3 is 2.53 bits per heavy atom. The number of methoxy groups -OCH3 is 1. The molecule has 45 heavy (non-hydrogen) atoms. The Morgan fingerprint density at radius 1 is 1.07 bits per heavy atom. The Bertz CT molecular complexity index is 1830. The lowest BCUT2D eigenvalue weighted by atomic mass is 9.84. The minimum absolute atomic E-state index is 0.117. The van der Waals surface area contributed by atoms with Crippen LogP contribution >= 0.6 is 23.2 Å². The maximum Gasteiger partial charge on any atom is 0.255 e. The molecule has 11 heteroatoms. The van der Waals surface area contributed by atoms with Crippen molar-refractivity contribution in [3.05, 3.63) is 99.7 Å². The molecule has 1 fully saturated rings. The van der Waals surface area contributed by atoms with Crippen molar-refractivity contribution < 1.29 is 13.9 Å². The lowest BCUT2D eigenvalue weighted by molar-refractivity contribution is 0.0472. The van der Waals surface area contributed by atoms with Crippen LogP contribution in [-0.4, -0.2) is 57.2 Å². The molecular formula is C34H33Cl2FN6O2. The fourth-order valence-corrected chi connectivity index (χ4v) is 6.82. The van der Waals surface area contributed by atoms with Gasteiger partial charge < -0.3 is 20.3 Å². The molecule has 1 saturated heterocycles. The minimum atomic E-state index is -0.439. The lowest BCUT2D eigenvalue weighted by Crippen LogP contribution is -2.67. The van der Waals surface area contributed by atoms with Crippen molar-refractivity contribution in [2.24, 2.45) is 4.99 Å². The van der Waals surface area contributed by atoms with Gasteiger partial charge in [0.05, 0.1) is 29.0 Å². The van der Waals surface area contributed by atoms with Crippen LogP contribution in [0.15, 0.2) is 71.5 Å². The van der Waals surface area contributed by atoms with Crippen LogP contribution in [0.25, 0.3) is 11.1 Å². The maximum absolute atomic E-state index is 15.2. The van der Waals surface area contributed by atoms with Crippen molar-refractivity contribution in [2.45, 2.75) is 45.2 Å². The monoisotopic (exact) mass is 646 g/mol. The number of anilines is 2. The third-order valence-electron chi connectivity index (χ3n) is 7.86. The van der Waals surface area contributed by atoms with E-state index in [1.807, 2.05) is 11.0 Å². The van der Waals surface area contributed by atoms with E-state index < -0.39 is 5.82 Å². The number of amides is 1. The SMILES string of the molecule is COc1cccc(F)c1C1=CC(Cl)=NC=C2C1=CCc1cnc(Nc3ccc(C(=O)N4CC(C)(C)NC(C)(C)C4)c(Cl)c3)nc12. The first-order valence-corrected chi connectivity index (χ1v) is 15.3. The number of ether oxygens (including phenoxy) is 1. The van der Waals surface area contributed by atoms with Crippen LogP contribution in [0, 0.1) is 5.82 Å². The van der Waals surface area contributed by atoms with Crippen LogP contribution in [0.1, 0.15) is 54.9 Å². The van der Waals surface area contributed by atoms with Gasteiger partial charge in [-0.2, -0.15) is 0 Å². The summed E-state index contributed by atoms with van der Waals surface area (Å²) in [4.78, 5) is 29.1. The second-order valence-corrected chi connectivity index (χ2v) is 13.4. The number of fused-ring (bicyclic) bond motifs is 3. The van der Waals surface area contributed by atoms with Gasteiger partial charge >= 0.3 is 0 Å². The number of nitrogens with zero attached hydrogens (tertiary/aromatic N) is 4. The molecule has 1 aliphatic carbocycles. The van der Waals surface area contributed by atoms with Crippen molar-refractivity contribution in [3.63, 3.8) is 0 Å². The second kappa shape index (κ2) is 11.7. The molecule has 0 atom stereocenters. The number of carbonyl (C=O) groups excluding carboxylic acids is 1. The van der Waals surface area contributed by atoms with Crippen molar-refractivity contribution >= 4 is 57.1 Å². The first-order valence-electron chi connectivity index (χ1n) is 14.5. The minimum Gasteiger partial charge on any atom is -0.496 e. The number of hydrogen-bond acceptors (Lipinski definition) is 7. The van der Waals surface area contributed by atoms with Crippen molar-refractivity contribution in [1.29, 1.82) is 0 Å². The number of allylic oxidation sites excluding steroid dienone is 5. The van der Waals surface area contributed by atoms with Crippen LogP contribution in [0.3, 0.4) is 0 Å². The van der Waals surface area contributed by atoms with E-state index >= 15 is 4.39 Å². The number of piperazine rings is 1. The third-order valence-corrected chi connectivity index (χ3v) is 8.38. The summed E-state index contributed by atoms with van der Waals surface area (Å²) in [5.41, 5.74) is 4.36. The van der Waals surface area contributed by atoms with Gasteiger partial charge in [0, 0.05) is 53.4 Å². The van der Waals surface area contributed by atoms with Gasteiger partial charge in [-0.15, -0.1) is 0 Å². The molecule has 0 saturated carbocycles. The van der Waals surface area contributed by atoms with Crippen molar-refractivity contribution in [2.75, 3.05) is 25.5 Å². The number of aliphatic imine (C=N–C) groups is 1. The molecule has 0 radical (unpaired) electrons. The van der Waals surface area contributed by atoms with Crippen LogP contribution in [0.5, 0.6) is 5.75 Å². The molecule has 0 bridgehead atoms. The maximum atomic E-state index is 15.2. The van der Waals surface area contributed by atoms with Crippen molar-refractivity contribution in [1.82, 2.24) is 20.2 Å². The number of halogens is 3. The molecule has 6 rings (SSSR count). The predicted molar refractivity (Wildman–Crippen MR) is 178 cm³/mol. The third kappa shape index (κ3) is 6.25. The molecule has 2 aromatic carbocycles. The molecule has 0 unspecified atom stereocenters. The van der Waals surface area contributed by atoms with Gasteiger partial charge in [-0.25, -0.2) is 19.4 Å². The average molecular weight is 648 g/mol. The van der Waals surface area contributed by atoms with E-state index in [-0.39, 0.29) is 22.2 Å². The number of carbonyl (C=O) groups is 1. The summed E-state index contributed by atoms with van der Waals surface area (Å²) in [6.07, 6.45) is 7.53. The van der Waals surface area contributed by atoms with Gasteiger partial charge in [-0.05, 0) is 81.7 Å². The van der Waals surface area contributed by atoms with Crippen LogP contribution < -0.4 is 15.4 Å². The Morgan fingerprint density at radius 2 is 1.82 bits per heavy atom. The molecule has 8 nitrogen and oxygen atoms in total. The van der Waals surface area contributed by atoms with E-state index in [1.54, 1.807) is 48.8 Å². The highest BCUT2D eigenvalue weighted by Crippen LogP contribution is 2.43. The molecule has 2 aliphatic heterocycles. The largest absolute Gasteiger partial charge is 0.496 e. The highest BCUT2D eigenvalue weighted by atomic mass is 35.5. The number of benzene rings is 2. The second-order valence-electron chi connectivity index (χ2n) is 12.6. The molecule has 3 aliphatic rings. The van der Waals surface area contributed by atoms with Gasteiger partial charge in [-0.1, -0.05) is 35.3 Å². The Balaban J connectivity index is 1.28. The average Bonchev–Trinajstić information content (AvgIpc) is 3.13. The molecule has 0 spiro atoms. The van der Waals surface area contributed by atoms with Crippen LogP contribution in [0.2, 0.25) is 5.02 Å². The zero-order chi connectivity index (χ0) is 32.1. The molecule has 232 valence electrons. The molecule has 1 amide bonds. The van der Waals surface area contributed by atoms with Gasteiger partial charge in [0.1, 0.15) is 16.7 Å². The summed E-state index contributed by atoms with van der Waals surface area (Å²) in [6, 6.07) is 9.88. The molecule has 1 aromatic heterocycles. The summed E-state index contributed by atoms with van der Waals surface area (Å²) in [6.45, 7) is 9.47. The number of hydrogen-bond donors (Lipinski definition) is 2. The summed E-state index contributed by atoms with van der Waals surface area (Å²) >= 11 is 13.1. The summed E-state index contributed by atoms with van der Waals surface area (Å²) in [7, 11) is 1.50. The lowest BCUT2D eigenvalue weighted by Gasteiger charge is -2.48.